The molecule has 2 aromatic rings. The number of fused-ring (bicyclic) bond motifs is 1. The van der Waals surface area contributed by atoms with Gasteiger partial charge in [-0.1, -0.05) is 37.5 Å². The van der Waals surface area contributed by atoms with Gasteiger partial charge in [0.1, 0.15) is 0 Å². The molecule has 102 valence electrons. The molecule has 0 amide bonds. The SMILES string of the molecule is Cc1cccc2c(C(CN)C3CCCCC3)c[nH]c12. The van der Waals surface area contributed by atoms with Crippen molar-refractivity contribution in [1.29, 1.82) is 0 Å². The highest BCUT2D eigenvalue weighted by Crippen LogP contribution is 2.38. The molecule has 1 aromatic heterocycles. The van der Waals surface area contributed by atoms with E-state index in [0.29, 0.717) is 5.92 Å². The van der Waals surface area contributed by atoms with Gasteiger partial charge in [0.15, 0.2) is 0 Å². The number of H-pyrrole nitrogens is 1. The van der Waals surface area contributed by atoms with E-state index in [1.165, 1.54) is 54.1 Å². The summed E-state index contributed by atoms with van der Waals surface area (Å²) in [5.74, 6) is 1.30. The Labute approximate surface area is 115 Å². The first-order valence-electron chi connectivity index (χ1n) is 7.58. The van der Waals surface area contributed by atoms with Crippen LogP contribution in [0.5, 0.6) is 0 Å². The molecular weight excluding hydrogens is 232 g/mol. The van der Waals surface area contributed by atoms with Crippen LogP contribution in [0.3, 0.4) is 0 Å². The van der Waals surface area contributed by atoms with Crippen LogP contribution in [-0.2, 0) is 0 Å². The fourth-order valence-corrected chi connectivity index (χ4v) is 3.74. The minimum atomic E-state index is 0.524. The quantitative estimate of drug-likeness (QED) is 0.853. The fraction of sp³-hybridized carbons (Fsp3) is 0.529. The van der Waals surface area contributed by atoms with E-state index in [9.17, 15) is 0 Å². The molecule has 0 spiro atoms. The molecule has 1 aromatic carbocycles. The van der Waals surface area contributed by atoms with Crippen LogP contribution in [0.25, 0.3) is 10.9 Å². The summed E-state index contributed by atoms with van der Waals surface area (Å²) in [6, 6.07) is 6.56. The summed E-state index contributed by atoms with van der Waals surface area (Å²) in [4.78, 5) is 3.45. The summed E-state index contributed by atoms with van der Waals surface area (Å²) in [5.41, 5.74) is 10.2. The van der Waals surface area contributed by atoms with Gasteiger partial charge in [-0.15, -0.1) is 0 Å². The first kappa shape index (κ1) is 12.7. The highest BCUT2D eigenvalue weighted by atomic mass is 14.7. The Morgan fingerprint density at radius 1 is 1.26 bits per heavy atom. The van der Waals surface area contributed by atoms with Crippen LogP contribution in [0.1, 0.15) is 49.1 Å². The van der Waals surface area contributed by atoms with Crippen molar-refractivity contribution < 1.29 is 0 Å². The number of aromatic nitrogens is 1. The van der Waals surface area contributed by atoms with Crippen LogP contribution in [0.2, 0.25) is 0 Å². The predicted molar refractivity (Wildman–Crippen MR) is 81.4 cm³/mol. The first-order valence-corrected chi connectivity index (χ1v) is 7.58. The minimum absolute atomic E-state index is 0.524. The van der Waals surface area contributed by atoms with Gasteiger partial charge in [-0.3, -0.25) is 0 Å². The van der Waals surface area contributed by atoms with Crippen molar-refractivity contribution >= 4 is 10.9 Å². The zero-order valence-corrected chi connectivity index (χ0v) is 11.8. The van der Waals surface area contributed by atoms with Gasteiger partial charge < -0.3 is 10.7 Å². The van der Waals surface area contributed by atoms with Crippen molar-refractivity contribution in [1.82, 2.24) is 4.98 Å². The number of nitrogens with one attached hydrogen (secondary N) is 1. The maximum Gasteiger partial charge on any atom is 0.0486 e. The van der Waals surface area contributed by atoms with Gasteiger partial charge in [0.25, 0.3) is 0 Å². The van der Waals surface area contributed by atoms with Gasteiger partial charge in [0, 0.05) is 23.0 Å². The molecular formula is C17H24N2. The Kier molecular flexibility index (Phi) is 3.61. The fourth-order valence-electron chi connectivity index (χ4n) is 3.74. The Bertz CT molecular complexity index is 549. The van der Waals surface area contributed by atoms with Crippen molar-refractivity contribution in [3.05, 3.63) is 35.5 Å². The highest BCUT2D eigenvalue weighted by molar-refractivity contribution is 5.86. The van der Waals surface area contributed by atoms with Crippen molar-refractivity contribution in [2.45, 2.75) is 44.9 Å². The normalized spacial score (nSPS) is 18.8. The number of benzene rings is 1. The number of aryl methyl sites for hydroxylation is 1. The maximum absolute atomic E-state index is 6.11. The van der Waals surface area contributed by atoms with E-state index >= 15 is 0 Å². The van der Waals surface area contributed by atoms with Gasteiger partial charge in [0.05, 0.1) is 0 Å². The second-order valence-electron chi connectivity index (χ2n) is 5.98. The highest BCUT2D eigenvalue weighted by Gasteiger charge is 2.25. The summed E-state index contributed by atoms with van der Waals surface area (Å²) in [5, 5.41) is 1.38. The van der Waals surface area contributed by atoms with E-state index in [2.05, 4.69) is 36.3 Å². The minimum Gasteiger partial charge on any atom is -0.361 e. The summed E-state index contributed by atoms with van der Waals surface area (Å²) in [6.45, 7) is 2.94. The second-order valence-corrected chi connectivity index (χ2v) is 5.98. The molecule has 3 rings (SSSR count). The molecule has 0 bridgehead atoms. The van der Waals surface area contributed by atoms with Gasteiger partial charge in [-0.05, 0) is 43.4 Å². The Morgan fingerprint density at radius 3 is 2.79 bits per heavy atom. The molecule has 2 heteroatoms. The lowest BCUT2D eigenvalue weighted by atomic mass is 9.77. The monoisotopic (exact) mass is 256 g/mol. The third-order valence-corrected chi connectivity index (χ3v) is 4.83. The van der Waals surface area contributed by atoms with Crippen LogP contribution in [0.4, 0.5) is 0 Å². The number of aromatic amines is 1. The van der Waals surface area contributed by atoms with E-state index in [1.807, 2.05) is 0 Å². The summed E-state index contributed by atoms with van der Waals surface area (Å²) < 4.78 is 0. The molecule has 0 aliphatic heterocycles. The molecule has 1 atom stereocenters. The predicted octanol–water partition coefficient (Wildman–Crippen LogP) is 4.10. The van der Waals surface area contributed by atoms with E-state index in [0.717, 1.165) is 12.5 Å². The molecule has 0 saturated heterocycles. The van der Waals surface area contributed by atoms with Crippen LogP contribution in [-0.4, -0.2) is 11.5 Å². The molecule has 1 aliphatic rings. The van der Waals surface area contributed by atoms with Crippen molar-refractivity contribution in [3.63, 3.8) is 0 Å². The summed E-state index contributed by atoms with van der Waals surface area (Å²) >= 11 is 0. The maximum atomic E-state index is 6.11. The van der Waals surface area contributed by atoms with E-state index in [1.54, 1.807) is 0 Å². The molecule has 2 nitrogen and oxygen atoms in total. The third-order valence-electron chi connectivity index (χ3n) is 4.83. The molecule has 3 N–H and O–H groups in total. The Morgan fingerprint density at radius 2 is 2.05 bits per heavy atom. The van der Waals surface area contributed by atoms with Gasteiger partial charge in [-0.2, -0.15) is 0 Å². The number of nitrogens with two attached hydrogens (primary N) is 1. The zero-order chi connectivity index (χ0) is 13.2. The second kappa shape index (κ2) is 5.38. The van der Waals surface area contributed by atoms with Crippen molar-refractivity contribution in [3.8, 4) is 0 Å². The molecule has 1 unspecified atom stereocenters. The Hall–Kier alpha value is -1.28. The topological polar surface area (TPSA) is 41.8 Å². The molecule has 0 radical (unpaired) electrons. The van der Waals surface area contributed by atoms with Gasteiger partial charge in [0.2, 0.25) is 0 Å². The molecule has 1 heterocycles. The van der Waals surface area contributed by atoms with Crippen LogP contribution in [0.15, 0.2) is 24.4 Å². The lowest BCUT2D eigenvalue weighted by molar-refractivity contribution is 0.308. The average molecular weight is 256 g/mol. The van der Waals surface area contributed by atoms with E-state index in [4.69, 9.17) is 5.73 Å². The van der Waals surface area contributed by atoms with E-state index in [-0.39, 0.29) is 0 Å². The largest absolute Gasteiger partial charge is 0.361 e. The lowest BCUT2D eigenvalue weighted by Gasteiger charge is -2.29. The van der Waals surface area contributed by atoms with Crippen LogP contribution < -0.4 is 5.73 Å². The van der Waals surface area contributed by atoms with Crippen LogP contribution in [0, 0.1) is 12.8 Å². The van der Waals surface area contributed by atoms with Crippen LogP contribution >= 0.6 is 0 Å². The first-order chi connectivity index (χ1) is 9.31. The smallest absolute Gasteiger partial charge is 0.0486 e. The van der Waals surface area contributed by atoms with Crippen molar-refractivity contribution in [2.75, 3.05) is 6.54 Å². The number of rotatable bonds is 3. The number of hydrogen-bond donors (Lipinski definition) is 2. The average Bonchev–Trinajstić information content (AvgIpc) is 2.87. The summed E-state index contributed by atoms with van der Waals surface area (Å²) in [6.07, 6.45) is 9.05. The number of hydrogen-bond acceptors (Lipinski definition) is 1. The lowest BCUT2D eigenvalue weighted by Crippen LogP contribution is -2.23. The molecule has 1 saturated carbocycles. The van der Waals surface area contributed by atoms with Gasteiger partial charge >= 0.3 is 0 Å². The number of para-hydroxylation sites is 1. The molecule has 19 heavy (non-hydrogen) atoms. The zero-order valence-electron chi connectivity index (χ0n) is 11.8. The summed E-state index contributed by atoms with van der Waals surface area (Å²) in [7, 11) is 0. The third kappa shape index (κ3) is 2.30. The van der Waals surface area contributed by atoms with E-state index < -0.39 is 0 Å². The van der Waals surface area contributed by atoms with Crippen molar-refractivity contribution in [2.24, 2.45) is 11.7 Å². The standard InChI is InChI=1S/C17H24N2/c1-12-6-5-9-14-16(11-19-17(12)14)15(10-18)13-7-3-2-4-8-13/h5-6,9,11,13,15,19H,2-4,7-8,10,18H2,1H3. The van der Waals surface area contributed by atoms with Gasteiger partial charge in [-0.25, -0.2) is 0 Å². The molecule has 1 fully saturated rings. The molecule has 1 aliphatic carbocycles. The Balaban J connectivity index is 1.99.